The summed E-state index contributed by atoms with van der Waals surface area (Å²) in [6.07, 6.45) is 2.64. The summed E-state index contributed by atoms with van der Waals surface area (Å²) in [6.45, 7) is 4.36. The summed E-state index contributed by atoms with van der Waals surface area (Å²) in [6, 6.07) is 0. The molecule has 0 amide bonds. The van der Waals surface area contributed by atoms with Crippen molar-refractivity contribution in [3.05, 3.63) is 0 Å². The molecule has 0 aliphatic heterocycles. The molecule has 0 aromatic carbocycles. The lowest BCUT2D eigenvalue weighted by Gasteiger charge is -1.68. The Balaban J connectivity index is 0. The Labute approximate surface area is 60.3 Å². The van der Waals surface area contributed by atoms with Gasteiger partial charge in [0.1, 0.15) is 0 Å². The van der Waals surface area contributed by atoms with Crippen molar-refractivity contribution < 1.29 is 0 Å². The van der Waals surface area contributed by atoms with E-state index in [4.69, 9.17) is 20.1 Å². The van der Waals surface area contributed by atoms with E-state index in [1.54, 1.807) is 0 Å². The van der Waals surface area contributed by atoms with Crippen molar-refractivity contribution in [1.82, 2.24) is 0 Å². The number of halogens is 2. The molecule has 0 aliphatic rings. The van der Waals surface area contributed by atoms with Crippen LogP contribution in [0.3, 0.4) is 0 Å². The van der Waals surface area contributed by atoms with Gasteiger partial charge in [-0.3, -0.25) is 0 Å². The molecule has 0 unspecified atom stereocenters. The second kappa shape index (κ2) is 15.7. The van der Waals surface area contributed by atoms with Crippen LogP contribution in [-0.2, 0) is 0 Å². The Morgan fingerprint density at radius 3 is 1.29 bits per heavy atom. The second-order valence-electron chi connectivity index (χ2n) is 1.10. The predicted octanol–water partition coefficient (Wildman–Crippen LogP) is 2.54. The lowest BCUT2D eigenvalue weighted by molar-refractivity contribution is 0.886. The number of unbranched alkanes of at least 4 members (excludes halogenated alkanes) is 1. The van der Waals surface area contributed by atoms with Gasteiger partial charge in [0.25, 0.3) is 0 Å². The zero-order chi connectivity index (χ0) is 6.12. The molecule has 0 fully saturated rings. The van der Waals surface area contributed by atoms with Crippen LogP contribution >= 0.6 is 20.1 Å². The van der Waals surface area contributed by atoms with Gasteiger partial charge in [-0.05, 0) is 0 Å². The molecule has 0 radical (unpaired) electrons. The molecule has 0 spiro atoms. The highest BCUT2D eigenvalue weighted by Crippen LogP contribution is 1.76. The van der Waals surface area contributed by atoms with E-state index in [0.29, 0.717) is 0 Å². The molecular weight excluding hydrogens is 146 g/mol. The first-order chi connectivity index (χ1) is 3.33. The normalized spacial score (nSPS) is 6.29. The molecule has 0 heterocycles. The van der Waals surface area contributed by atoms with E-state index in [2.05, 4.69) is 13.8 Å². The first-order valence-corrected chi connectivity index (χ1v) is 6.72. The van der Waals surface area contributed by atoms with E-state index >= 15 is 0 Å². The third-order valence-electron chi connectivity index (χ3n) is 0.500. The van der Waals surface area contributed by atoms with Gasteiger partial charge in [-0.2, -0.15) is 0 Å². The molecule has 0 saturated heterocycles. The van der Waals surface area contributed by atoms with Gasteiger partial charge in [0, 0.05) is 0 Å². The van der Waals surface area contributed by atoms with Gasteiger partial charge in [0.05, 0.1) is 0 Å². The number of hydrogen-bond donors (Lipinski definition) is 0. The fourth-order valence-electron chi connectivity index (χ4n) is 0. The van der Waals surface area contributed by atoms with Crippen LogP contribution < -0.4 is 0 Å². The second-order valence-corrected chi connectivity index (χ2v) is 3.73. The Kier molecular flexibility index (Phi) is 24.7. The lowest BCUT2D eigenvalue weighted by Crippen LogP contribution is -1.47. The summed E-state index contributed by atoms with van der Waals surface area (Å²) in [5.74, 6) is 0. The number of rotatable bonds is 1. The average Bonchev–Trinajstić information content (AvgIpc) is 1.69. The first kappa shape index (κ1) is 11.0. The largest absolute Gasteiger partial charge is 0.499 e. The molecule has 0 bridgehead atoms. The molecule has 0 atom stereocenters. The van der Waals surface area contributed by atoms with Crippen LogP contribution in [-0.4, -0.2) is 13.4 Å². The SMILES string of the molecule is CCCC.[Cl][AlH][Cl]. The minimum absolute atomic E-state index is 0.639. The molecule has 0 aliphatic carbocycles. The van der Waals surface area contributed by atoms with Gasteiger partial charge < -0.3 is 0 Å². The molecule has 0 rings (SSSR count). The first-order valence-electron chi connectivity index (χ1n) is 2.45. The standard InChI is InChI=1S/C4H10.Al.2ClH.H/c1-3-4-2;;;;/h3-4H2,1-2H3;;2*1H;/q;+2;;;/p-2. The van der Waals surface area contributed by atoms with Gasteiger partial charge in [-0.1, -0.05) is 26.7 Å². The van der Waals surface area contributed by atoms with Crippen LogP contribution in [0.5, 0.6) is 0 Å². The average molecular weight is 157 g/mol. The third kappa shape index (κ3) is 41.7. The van der Waals surface area contributed by atoms with E-state index in [-0.39, 0.29) is 0 Å². The van der Waals surface area contributed by atoms with Crippen molar-refractivity contribution in [2.24, 2.45) is 0 Å². The van der Waals surface area contributed by atoms with Gasteiger partial charge in [-0.15, -0.1) is 0 Å². The van der Waals surface area contributed by atoms with Crippen molar-refractivity contribution in [1.29, 1.82) is 0 Å². The fraction of sp³-hybridized carbons (Fsp3) is 1.00. The number of hydrogen-bond acceptors (Lipinski definition) is 0. The van der Waals surface area contributed by atoms with Crippen LogP contribution in [0.2, 0.25) is 0 Å². The fourth-order valence-corrected chi connectivity index (χ4v) is 0. The van der Waals surface area contributed by atoms with Crippen LogP contribution in [0.1, 0.15) is 26.7 Å². The summed E-state index contributed by atoms with van der Waals surface area (Å²) < 4.78 is 0. The van der Waals surface area contributed by atoms with Crippen LogP contribution in [0.4, 0.5) is 0 Å². The maximum atomic E-state index is 4.90. The molecule has 3 heteroatoms. The monoisotopic (exact) mass is 156 g/mol. The summed E-state index contributed by atoms with van der Waals surface area (Å²) in [4.78, 5) is 0. The van der Waals surface area contributed by atoms with E-state index in [0.717, 1.165) is 0 Å². The highest BCUT2D eigenvalue weighted by atomic mass is 35.7. The third-order valence-corrected chi connectivity index (χ3v) is 0.500. The molecule has 0 N–H and O–H groups in total. The molecule has 0 aromatic heterocycles. The van der Waals surface area contributed by atoms with Gasteiger partial charge >= 0.3 is 13.4 Å². The molecule has 0 saturated carbocycles. The topological polar surface area (TPSA) is 0 Å². The lowest BCUT2D eigenvalue weighted by atomic mass is 10.4. The molecule has 0 aromatic rings. The van der Waals surface area contributed by atoms with Crippen molar-refractivity contribution >= 4 is 33.5 Å². The van der Waals surface area contributed by atoms with Crippen molar-refractivity contribution in [2.45, 2.75) is 26.7 Å². The van der Waals surface area contributed by atoms with Crippen LogP contribution in [0, 0.1) is 0 Å². The maximum absolute atomic E-state index is 4.90. The van der Waals surface area contributed by atoms with E-state index < -0.39 is 13.4 Å². The highest BCUT2D eigenvalue weighted by Gasteiger charge is 1.59. The Morgan fingerprint density at radius 1 is 1.14 bits per heavy atom. The zero-order valence-corrected chi connectivity index (χ0v) is 7.80. The van der Waals surface area contributed by atoms with Gasteiger partial charge in [-0.25, -0.2) is 20.1 Å². The Hall–Kier alpha value is 1.11. The predicted molar refractivity (Wildman–Crippen MR) is 39.4 cm³/mol. The highest BCUT2D eigenvalue weighted by molar-refractivity contribution is 7.22. The van der Waals surface area contributed by atoms with Crippen LogP contribution in [0.15, 0.2) is 0 Å². The minimum atomic E-state index is -0.639. The molecular formula is C4H11AlCl2. The summed E-state index contributed by atoms with van der Waals surface area (Å²) in [7, 11) is 9.81. The van der Waals surface area contributed by atoms with Gasteiger partial charge in [0.15, 0.2) is 0 Å². The Morgan fingerprint density at radius 2 is 1.29 bits per heavy atom. The van der Waals surface area contributed by atoms with Crippen molar-refractivity contribution in [3.63, 3.8) is 0 Å². The van der Waals surface area contributed by atoms with Gasteiger partial charge in [0.2, 0.25) is 0 Å². The summed E-state index contributed by atoms with van der Waals surface area (Å²) >= 11 is -0.639. The van der Waals surface area contributed by atoms with Crippen LogP contribution in [0.25, 0.3) is 0 Å². The zero-order valence-electron chi connectivity index (χ0n) is 4.88. The minimum Gasteiger partial charge on any atom is -0.240 e. The Bertz CT molecular complexity index is 17.2. The quantitative estimate of drug-likeness (QED) is 0.513. The van der Waals surface area contributed by atoms with E-state index in [1.807, 2.05) is 0 Å². The summed E-state index contributed by atoms with van der Waals surface area (Å²) in [5, 5.41) is 0. The van der Waals surface area contributed by atoms with E-state index in [9.17, 15) is 0 Å². The molecule has 7 heavy (non-hydrogen) atoms. The van der Waals surface area contributed by atoms with E-state index in [1.165, 1.54) is 12.8 Å². The molecule has 44 valence electrons. The summed E-state index contributed by atoms with van der Waals surface area (Å²) in [5.41, 5.74) is 0. The smallest absolute Gasteiger partial charge is 0.240 e. The van der Waals surface area contributed by atoms with Crippen molar-refractivity contribution in [2.75, 3.05) is 0 Å². The molecule has 0 nitrogen and oxygen atoms in total. The van der Waals surface area contributed by atoms with Crippen molar-refractivity contribution in [3.8, 4) is 0 Å². The maximum Gasteiger partial charge on any atom is 0.499 e.